The average Bonchev–Trinajstić information content (AvgIpc) is 2.92. The number of amides is 1. The summed E-state index contributed by atoms with van der Waals surface area (Å²) in [4.78, 5) is 15.7. The molecule has 0 saturated heterocycles. The summed E-state index contributed by atoms with van der Waals surface area (Å²) in [5.74, 6) is -0.545. The zero-order valence-electron chi connectivity index (χ0n) is 13.2. The van der Waals surface area contributed by atoms with E-state index in [2.05, 4.69) is 10.3 Å². The first-order chi connectivity index (χ1) is 12.0. The predicted molar refractivity (Wildman–Crippen MR) is 102 cm³/mol. The smallest absolute Gasteiger partial charge is 0.266 e. The van der Waals surface area contributed by atoms with E-state index in [0.717, 1.165) is 22.2 Å². The Balaban J connectivity index is 1.97. The van der Waals surface area contributed by atoms with E-state index in [0.29, 0.717) is 10.7 Å². The Bertz CT molecular complexity index is 1040. The van der Waals surface area contributed by atoms with Crippen molar-refractivity contribution in [3.8, 4) is 6.07 Å². The number of benzene rings is 2. The number of halogens is 2. The van der Waals surface area contributed by atoms with Crippen LogP contribution in [0.1, 0.15) is 11.3 Å². The second kappa shape index (κ2) is 7.02. The van der Waals surface area contributed by atoms with E-state index in [1.54, 1.807) is 24.3 Å². The van der Waals surface area contributed by atoms with Crippen LogP contribution in [0.3, 0.4) is 0 Å². The number of H-pyrrole nitrogens is 1. The van der Waals surface area contributed by atoms with E-state index in [-0.39, 0.29) is 10.6 Å². The third-order valence-electron chi connectivity index (χ3n) is 3.80. The number of carbonyl (C=O) groups excluding carboxylic acids is 1. The topological polar surface area (TPSA) is 68.7 Å². The van der Waals surface area contributed by atoms with Gasteiger partial charge in [0.1, 0.15) is 11.6 Å². The summed E-state index contributed by atoms with van der Waals surface area (Å²) in [6.45, 7) is 1.90. The minimum Gasteiger partial charge on any atom is -0.358 e. The van der Waals surface area contributed by atoms with Crippen LogP contribution in [0.15, 0.2) is 48.0 Å². The molecule has 1 heterocycles. The van der Waals surface area contributed by atoms with E-state index in [1.165, 1.54) is 0 Å². The number of aryl methyl sites for hydroxylation is 1. The minimum absolute atomic E-state index is 0.0242. The Labute approximate surface area is 154 Å². The number of aromatic amines is 1. The predicted octanol–water partition coefficient (Wildman–Crippen LogP) is 5.33. The highest BCUT2D eigenvalue weighted by atomic mass is 35.5. The number of aromatic nitrogens is 1. The molecule has 4 nitrogen and oxygen atoms in total. The van der Waals surface area contributed by atoms with Gasteiger partial charge in [-0.15, -0.1) is 0 Å². The standard InChI is InChI=1S/C19H13Cl2N3O/c1-11-14(13-5-2-3-7-16(13)23-11)9-12(10-22)19(25)24-17-8-4-6-15(20)18(17)21/h2-9,23H,1H3,(H,24,25)/b12-9+. The molecule has 0 aliphatic heterocycles. The summed E-state index contributed by atoms with van der Waals surface area (Å²) in [6, 6.07) is 14.6. The van der Waals surface area contributed by atoms with Gasteiger partial charge in [-0.05, 0) is 31.2 Å². The van der Waals surface area contributed by atoms with Gasteiger partial charge in [0.2, 0.25) is 0 Å². The molecule has 3 aromatic rings. The molecule has 0 aliphatic carbocycles. The molecule has 2 N–H and O–H groups in total. The van der Waals surface area contributed by atoms with Gasteiger partial charge in [-0.1, -0.05) is 47.5 Å². The van der Waals surface area contributed by atoms with Crippen LogP contribution in [-0.2, 0) is 4.79 Å². The number of nitriles is 1. The van der Waals surface area contributed by atoms with Crippen molar-refractivity contribution in [1.29, 1.82) is 5.26 Å². The number of carbonyl (C=O) groups is 1. The highest BCUT2D eigenvalue weighted by Gasteiger charge is 2.15. The van der Waals surface area contributed by atoms with Crippen molar-refractivity contribution in [3.63, 3.8) is 0 Å². The van der Waals surface area contributed by atoms with Crippen LogP contribution < -0.4 is 5.32 Å². The number of hydrogen-bond acceptors (Lipinski definition) is 2. The summed E-state index contributed by atoms with van der Waals surface area (Å²) < 4.78 is 0. The molecule has 0 unspecified atom stereocenters. The van der Waals surface area contributed by atoms with Gasteiger partial charge in [-0.25, -0.2) is 0 Å². The molecule has 124 valence electrons. The molecule has 0 aliphatic rings. The van der Waals surface area contributed by atoms with E-state index in [1.807, 2.05) is 37.3 Å². The van der Waals surface area contributed by atoms with Crippen LogP contribution in [0, 0.1) is 18.3 Å². The second-order valence-corrected chi connectivity index (χ2v) is 6.22. The molecule has 0 spiro atoms. The van der Waals surface area contributed by atoms with Crippen LogP contribution in [-0.4, -0.2) is 10.9 Å². The molecule has 3 rings (SSSR count). The van der Waals surface area contributed by atoms with Gasteiger partial charge < -0.3 is 10.3 Å². The van der Waals surface area contributed by atoms with Crippen molar-refractivity contribution < 1.29 is 4.79 Å². The summed E-state index contributed by atoms with van der Waals surface area (Å²) in [7, 11) is 0. The lowest BCUT2D eigenvalue weighted by Gasteiger charge is -2.07. The van der Waals surface area contributed by atoms with Crippen molar-refractivity contribution in [3.05, 3.63) is 69.3 Å². The van der Waals surface area contributed by atoms with Crippen LogP contribution in [0.2, 0.25) is 10.0 Å². The molecule has 1 aromatic heterocycles. The fraction of sp³-hybridized carbons (Fsp3) is 0.0526. The van der Waals surface area contributed by atoms with Gasteiger partial charge in [0.15, 0.2) is 0 Å². The van der Waals surface area contributed by atoms with Crippen molar-refractivity contribution in [1.82, 2.24) is 4.98 Å². The highest BCUT2D eigenvalue weighted by Crippen LogP contribution is 2.30. The summed E-state index contributed by atoms with van der Waals surface area (Å²) in [5.41, 5.74) is 2.96. The van der Waals surface area contributed by atoms with E-state index < -0.39 is 5.91 Å². The lowest BCUT2D eigenvalue weighted by Crippen LogP contribution is -2.13. The van der Waals surface area contributed by atoms with Gasteiger partial charge in [0.25, 0.3) is 5.91 Å². The third-order valence-corrected chi connectivity index (χ3v) is 4.62. The first kappa shape index (κ1) is 17.1. The molecule has 25 heavy (non-hydrogen) atoms. The maximum absolute atomic E-state index is 12.5. The lowest BCUT2D eigenvalue weighted by molar-refractivity contribution is -0.112. The monoisotopic (exact) mass is 369 g/mol. The van der Waals surface area contributed by atoms with E-state index in [9.17, 15) is 10.1 Å². The largest absolute Gasteiger partial charge is 0.358 e. The normalized spacial score (nSPS) is 11.4. The summed E-state index contributed by atoms with van der Waals surface area (Å²) in [6.07, 6.45) is 1.57. The van der Waals surface area contributed by atoms with Crippen molar-refractivity contribution in [2.45, 2.75) is 6.92 Å². The van der Waals surface area contributed by atoms with Crippen molar-refractivity contribution in [2.75, 3.05) is 5.32 Å². The van der Waals surface area contributed by atoms with Crippen LogP contribution in [0.5, 0.6) is 0 Å². The van der Waals surface area contributed by atoms with Crippen LogP contribution in [0.4, 0.5) is 5.69 Å². The maximum Gasteiger partial charge on any atom is 0.266 e. The Kier molecular flexibility index (Phi) is 4.80. The van der Waals surface area contributed by atoms with Crippen LogP contribution >= 0.6 is 23.2 Å². The molecular weight excluding hydrogens is 357 g/mol. The Morgan fingerprint density at radius 1 is 1.20 bits per heavy atom. The van der Waals surface area contributed by atoms with Gasteiger partial charge in [0.05, 0.1) is 15.7 Å². The zero-order chi connectivity index (χ0) is 18.0. The molecule has 0 saturated carbocycles. The number of rotatable bonds is 3. The molecule has 0 bridgehead atoms. The zero-order valence-corrected chi connectivity index (χ0v) is 14.7. The molecule has 0 fully saturated rings. The molecule has 0 radical (unpaired) electrons. The fourth-order valence-electron chi connectivity index (χ4n) is 2.57. The number of nitrogens with one attached hydrogen (secondary N) is 2. The van der Waals surface area contributed by atoms with Gasteiger partial charge in [-0.2, -0.15) is 5.26 Å². The number of anilines is 1. The first-order valence-electron chi connectivity index (χ1n) is 7.45. The third kappa shape index (κ3) is 3.39. The number of para-hydroxylation sites is 1. The number of nitrogens with zero attached hydrogens (tertiary/aromatic N) is 1. The SMILES string of the molecule is Cc1[nH]c2ccccc2c1/C=C(\C#N)C(=O)Nc1cccc(Cl)c1Cl. The van der Waals surface area contributed by atoms with Crippen LogP contribution in [0.25, 0.3) is 17.0 Å². The Morgan fingerprint density at radius 2 is 1.96 bits per heavy atom. The number of hydrogen-bond donors (Lipinski definition) is 2. The van der Waals surface area contributed by atoms with Gasteiger partial charge in [0, 0.05) is 22.2 Å². The Hall–Kier alpha value is -2.74. The van der Waals surface area contributed by atoms with E-state index >= 15 is 0 Å². The van der Waals surface area contributed by atoms with Gasteiger partial charge >= 0.3 is 0 Å². The molecule has 6 heteroatoms. The molecule has 1 amide bonds. The minimum atomic E-state index is -0.545. The highest BCUT2D eigenvalue weighted by molar-refractivity contribution is 6.44. The first-order valence-corrected chi connectivity index (χ1v) is 8.21. The van der Waals surface area contributed by atoms with Crippen molar-refractivity contribution in [2.24, 2.45) is 0 Å². The summed E-state index contributed by atoms with van der Waals surface area (Å²) in [5, 5.41) is 13.5. The fourth-order valence-corrected chi connectivity index (χ4v) is 2.92. The Morgan fingerprint density at radius 3 is 2.72 bits per heavy atom. The summed E-state index contributed by atoms with van der Waals surface area (Å²) >= 11 is 12.0. The second-order valence-electron chi connectivity index (χ2n) is 5.43. The van der Waals surface area contributed by atoms with Gasteiger partial charge in [-0.3, -0.25) is 4.79 Å². The lowest BCUT2D eigenvalue weighted by atomic mass is 10.1. The maximum atomic E-state index is 12.5. The number of fused-ring (bicyclic) bond motifs is 1. The molecule has 0 atom stereocenters. The quantitative estimate of drug-likeness (QED) is 0.483. The average molecular weight is 370 g/mol. The molecular formula is C19H13Cl2N3O. The van der Waals surface area contributed by atoms with Crippen molar-refractivity contribution >= 4 is 51.8 Å². The van der Waals surface area contributed by atoms with E-state index in [4.69, 9.17) is 23.2 Å². The molecule has 2 aromatic carbocycles.